The third-order valence-electron chi connectivity index (χ3n) is 1.15. The van der Waals surface area contributed by atoms with E-state index in [4.69, 9.17) is 10.4 Å². The molecule has 0 atom stereocenters. The predicted octanol–water partition coefficient (Wildman–Crippen LogP) is 0.474. The van der Waals surface area contributed by atoms with Crippen LogP contribution < -0.4 is 0 Å². The Balaban J connectivity index is 4.30. The number of rotatable bonds is 4. The van der Waals surface area contributed by atoms with Crippen LogP contribution in [0, 0.1) is 11.3 Å². The van der Waals surface area contributed by atoms with E-state index >= 15 is 0 Å². The van der Waals surface area contributed by atoms with Crippen molar-refractivity contribution in [2.75, 3.05) is 6.61 Å². The molecule has 0 aliphatic carbocycles. The number of carboxylic acids is 1. The quantitative estimate of drug-likeness (QED) is 0.389. The van der Waals surface area contributed by atoms with Crippen LogP contribution >= 0.6 is 0 Å². The van der Waals surface area contributed by atoms with Crippen LogP contribution in [-0.4, -0.2) is 23.7 Å². The number of carboxylic acid groups (broad SMARTS) is 1. The van der Waals surface area contributed by atoms with Crippen molar-refractivity contribution in [2.24, 2.45) is 0 Å². The number of aliphatic carboxylic acids is 1. The molecule has 70 valence electrons. The van der Waals surface area contributed by atoms with Gasteiger partial charge in [0.05, 0.1) is 24.7 Å². The van der Waals surface area contributed by atoms with Crippen LogP contribution in [0.15, 0.2) is 11.6 Å². The molecule has 5 heteroatoms. The molecule has 0 unspecified atom stereocenters. The Morgan fingerprint density at radius 2 is 2.23 bits per heavy atom. The highest BCUT2D eigenvalue weighted by atomic mass is 16.5. The van der Waals surface area contributed by atoms with Gasteiger partial charge >= 0.3 is 11.9 Å². The third-order valence-corrected chi connectivity index (χ3v) is 1.15. The van der Waals surface area contributed by atoms with E-state index in [1.54, 1.807) is 13.0 Å². The van der Waals surface area contributed by atoms with E-state index in [1.165, 1.54) is 0 Å². The van der Waals surface area contributed by atoms with E-state index in [2.05, 4.69) is 4.74 Å². The zero-order chi connectivity index (χ0) is 10.3. The molecule has 0 saturated carbocycles. The molecule has 0 saturated heterocycles. The molecule has 0 aliphatic rings. The highest BCUT2D eigenvalue weighted by molar-refractivity contribution is 5.92. The predicted molar refractivity (Wildman–Crippen MR) is 42.6 cm³/mol. The summed E-state index contributed by atoms with van der Waals surface area (Å²) >= 11 is 0. The minimum Gasteiger partial charge on any atom is -0.478 e. The smallest absolute Gasteiger partial charge is 0.332 e. The number of carbonyl (C=O) groups is 2. The molecule has 0 radical (unpaired) electrons. The summed E-state index contributed by atoms with van der Waals surface area (Å²) in [7, 11) is 0. The topological polar surface area (TPSA) is 87.4 Å². The summed E-state index contributed by atoms with van der Waals surface area (Å²) in [4.78, 5) is 21.2. The largest absolute Gasteiger partial charge is 0.478 e. The molecule has 1 N–H and O–H groups in total. The summed E-state index contributed by atoms with van der Waals surface area (Å²) in [6.45, 7) is 1.81. The molecule has 13 heavy (non-hydrogen) atoms. The van der Waals surface area contributed by atoms with Crippen LogP contribution in [0.1, 0.15) is 13.3 Å². The van der Waals surface area contributed by atoms with Gasteiger partial charge in [0.15, 0.2) is 0 Å². The Morgan fingerprint density at radius 3 is 2.62 bits per heavy atom. The molecule has 0 rings (SSSR count). The first-order valence-corrected chi connectivity index (χ1v) is 3.59. The summed E-state index contributed by atoms with van der Waals surface area (Å²) in [5, 5.41) is 16.7. The number of nitriles is 1. The second kappa shape index (κ2) is 5.77. The highest BCUT2D eigenvalue weighted by Gasteiger charge is 2.12. The molecule has 0 aromatic rings. The third kappa shape index (κ3) is 4.58. The molecule has 0 heterocycles. The molecule has 0 aromatic heterocycles. The van der Waals surface area contributed by atoms with Gasteiger partial charge in [0, 0.05) is 6.08 Å². The highest BCUT2D eigenvalue weighted by Crippen LogP contribution is 2.02. The lowest BCUT2D eigenvalue weighted by molar-refractivity contribution is -0.144. The second-order valence-corrected chi connectivity index (χ2v) is 2.09. The Kier molecular flexibility index (Phi) is 4.96. The first-order valence-electron chi connectivity index (χ1n) is 3.59. The fraction of sp³-hybridized carbons (Fsp3) is 0.375. The number of ether oxygens (including phenoxy) is 1. The van der Waals surface area contributed by atoms with Gasteiger partial charge in [0.2, 0.25) is 0 Å². The standard InChI is InChI=1S/C8H9NO4/c1-2-13-7(10)5-6(3-4-9)8(11)12/h3H,2,5H2,1H3,(H,11,12)/b6-3-. The molecule has 0 bridgehead atoms. The summed E-state index contributed by atoms with van der Waals surface area (Å²) in [6.07, 6.45) is 0.440. The van der Waals surface area contributed by atoms with Gasteiger partial charge in [0.25, 0.3) is 0 Å². The zero-order valence-corrected chi connectivity index (χ0v) is 7.11. The van der Waals surface area contributed by atoms with Crippen molar-refractivity contribution < 1.29 is 19.4 Å². The van der Waals surface area contributed by atoms with E-state index in [9.17, 15) is 9.59 Å². The number of hydrogen-bond acceptors (Lipinski definition) is 4. The van der Waals surface area contributed by atoms with Crippen molar-refractivity contribution in [3.8, 4) is 6.07 Å². The molecule has 5 nitrogen and oxygen atoms in total. The maximum absolute atomic E-state index is 10.8. The van der Waals surface area contributed by atoms with Gasteiger partial charge in [-0.3, -0.25) is 4.79 Å². The second-order valence-electron chi connectivity index (χ2n) is 2.09. The normalized spacial score (nSPS) is 10.3. The Bertz CT molecular complexity index is 274. The van der Waals surface area contributed by atoms with Crippen LogP contribution in [0.5, 0.6) is 0 Å². The van der Waals surface area contributed by atoms with Crippen LogP contribution in [-0.2, 0) is 14.3 Å². The van der Waals surface area contributed by atoms with Crippen molar-refractivity contribution in [1.29, 1.82) is 5.26 Å². The van der Waals surface area contributed by atoms with Gasteiger partial charge in [-0.1, -0.05) is 0 Å². The maximum Gasteiger partial charge on any atom is 0.332 e. The molecule has 0 aromatic carbocycles. The Hall–Kier alpha value is -1.83. The van der Waals surface area contributed by atoms with E-state index < -0.39 is 11.9 Å². The van der Waals surface area contributed by atoms with Crippen LogP contribution in [0.2, 0.25) is 0 Å². The first kappa shape index (κ1) is 11.2. The number of esters is 1. The minimum absolute atomic E-state index is 0.193. The number of hydrogen-bond donors (Lipinski definition) is 1. The summed E-state index contributed by atoms with van der Waals surface area (Å²) < 4.78 is 4.52. The molecule has 0 aliphatic heterocycles. The van der Waals surface area contributed by atoms with E-state index in [-0.39, 0.29) is 18.6 Å². The van der Waals surface area contributed by atoms with Crippen molar-refractivity contribution in [3.63, 3.8) is 0 Å². The number of allylic oxidation sites excluding steroid dienone is 1. The van der Waals surface area contributed by atoms with E-state index in [0.29, 0.717) is 0 Å². The molecular formula is C8H9NO4. The van der Waals surface area contributed by atoms with Gasteiger partial charge < -0.3 is 9.84 Å². The average Bonchev–Trinajstić information content (AvgIpc) is 2.04. The minimum atomic E-state index is -1.28. The number of carbonyl (C=O) groups excluding carboxylic acids is 1. The molecule has 0 spiro atoms. The van der Waals surface area contributed by atoms with Crippen molar-refractivity contribution in [2.45, 2.75) is 13.3 Å². The SMILES string of the molecule is CCOC(=O)C/C(=C/C#N)C(=O)O. The molecule has 0 fully saturated rings. The van der Waals surface area contributed by atoms with Gasteiger partial charge in [0.1, 0.15) is 0 Å². The van der Waals surface area contributed by atoms with Gasteiger partial charge in [-0.2, -0.15) is 5.26 Å². The first-order chi connectivity index (χ1) is 6.11. The maximum atomic E-state index is 10.8. The molecular weight excluding hydrogens is 174 g/mol. The zero-order valence-electron chi connectivity index (χ0n) is 7.11. The van der Waals surface area contributed by atoms with Crippen molar-refractivity contribution >= 4 is 11.9 Å². The molecule has 0 amide bonds. The van der Waals surface area contributed by atoms with Crippen molar-refractivity contribution in [1.82, 2.24) is 0 Å². The fourth-order valence-electron chi connectivity index (χ4n) is 0.634. The van der Waals surface area contributed by atoms with Gasteiger partial charge in [-0.05, 0) is 6.92 Å². The fourth-order valence-corrected chi connectivity index (χ4v) is 0.634. The lowest BCUT2D eigenvalue weighted by atomic mass is 10.2. The van der Waals surface area contributed by atoms with Crippen LogP contribution in [0.3, 0.4) is 0 Å². The van der Waals surface area contributed by atoms with Gasteiger partial charge in [-0.25, -0.2) is 4.79 Å². The van der Waals surface area contributed by atoms with Crippen LogP contribution in [0.4, 0.5) is 0 Å². The summed E-state index contributed by atoms with van der Waals surface area (Å²) in [5.41, 5.74) is -0.263. The van der Waals surface area contributed by atoms with E-state index in [1.807, 2.05) is 0 Å². The van der Waals surface area contributed by atoms with E-state index in [0.717, 1.165) is 6.08 Å². The van der Waals surface area contributed by atoms with Crippen molar-refractivity contribution in [3.05, 3.63) is 11.6 Å². The average molecular weight is 183 g/mol. The summed E-state index contributed by atoms with van der Waals surface area (Å²) in [6, 6.07) is 1.55. The monoisotopic (exact) mass is 183 g/mol. The number of nitrogens with zero attached hydrogens (tertiary/aromatic N) is 1. The lowest BCUT2D eigenvalue weighted by Gasteiger charge is -2.00. The Labute approximate surface area is 75.2 Å². The summed E-state index contributed by atoms with van der Waals surface area (Å²) in [5.74, 6) is -1.93. The van der Waals surface area contributed by atoms with Gasteiger partial charge in [-0.15, -0.1) is 0 Å². The Morgan fingerprint density at radius 1 is 1.62 bits per heavy atom. The lowest BCUT2D eigenvalue weighted by Crippen LogP contribution is -2.10. The van der Waals surface area contributed by atoms with Crippen LogP contribution in [0.25, 0.3) is 0 Å².